The van der Waals surface area contributed by atoms with Crippen LogP contribution in [-0.4, -0.2) is 66.5 Å². The third-order valence-electron chi connectivity index (χ3n) is 3.48. The molecule has 2 N–H and O–H groups in total. The normalized spacial score (nSPS) is 17.0. The number of rotatable bonds is 6. The van der Waals surface area contributed by atoms with Gasteiger partial charge in [-0.15, -0.1) is 24.2 Å². The fourth-order valence-corrected chi connectivity index (χ4v) is 3.00. The van der Waals surface area contributed by atoms with Gasteiger partial charge in [0, 0.05) is 50.0 Å². The molecular formula is C14H20ClF3N4OS. The van der Waals surface area contributed by atoms with Gasteiger partial charge >= 0.3 is 6.18 Å². The summed E-state index contributed by atoms with van der Waals surface area (Å²) in [4.78, 5) is 17.9. The van der Waals surface area contributed by atoms with Gasteiger partial charge in [0.05, 0.1) is 5.75 Å². The van der Waals surface area contributed by atoms with Gasteiger partial charge in [0.1, 0.15) is 6.04 Å². The monoisotopic (exact) mass is 384 g/mol. The van der Waals surface area contributed by atoms with Gasteiger partial charge in [-0.25, -0.2) is 0 Å². The van der Waals surface area contributed by atoms with E-state index < -0.39 is 24.7 Å². The van der Waals surface area contributed by atoms with Gasteiger partial charge in [0.2, 0.25) is 5.91 Å². The number of aromatic nitrogens is 1. The topological polar surface area (TPSA) is 57.3 Å². The molecule has 1 aromatic rings. The third kappa shape index (κ3) is 6.84. The number of amides is 1. The summed E-state index contributed by atoms with van der Waals surface area (Å²) >= 11 is 1.27. The number of nitrogens with one attached hydrogen (secondary N) is 2. The Morgan fingerprint density at radius 1 is 1.33 bits per heavy atom. The lowest BCUT2D eigenvalue weighted by Gasteiger charge is -2.35. The minimum Gasteiger partial charge on any atom is -0.353 e. The minimum absolute atomic E-state index is 0. The van der Waals surface area contributed by atoms with E-state index in [1.807, 2.05) is 0 Å². The van der Waals surface area contributed by atoms with E-state index >= 15 is 0 Å². The maximum absolute atomic E-state index is 13.2. The number of alkyl halides is 3. The first-order chi connectivity index (χ1) is 11.0. The van der Waals surface area contributed by atoms with Crippen LogP contribution in [0.1, 0.15) is 0 Å². The maximum Gasteiger partial charge on any atom is 0.405 e. The molecule has 136 valence electrons. The summed E-state index contributed by atoms with van der Waals surface area (Å²) in [6.45, 7) is 1.29. The maximum atomic E-state index is 13.2. The zero-order chi connectivity index (χ0) is 16.7. The van der Waals surface area contributed by atoms with Crippen molar-refractivity contribution in [2.45, 2.75) is 17.1 Å². The predicted molar refractivity (Wildman–Crippen MR) is 89.5 cm³/mol. The molecule has 1 aromatic heterocycles. The molecule has 2 heterocycles. The molecule has 24 heavy (non-hydrogen) atoms. The fraction of sp³-hybridized carbons (Fsp3) is 0.571. The summed E-state index contributed by atoms with van der Waals surface area (Å²) in [5.74, 6) is -0.327. The average Bonchev–Trinajstić information content (AvgIpc) is 2.54. The minimum atomic E-state index is -4.36. The number of piperazine rings is 1. The largest absolute Gasteiger partial charge is 0.405 e. The first-order valence-electron chi connectivity index (χ1n) is 7.28. The summed E-state index contributed by atoms with van der Waals surface area (Å²) in [6.07, 6.45) is -1.16. The van der Waals surface area contributed by atoms with Crippen molar-refractivity contribution in [3.05, 3.63) is 24.5 Å². The van der Waals surface area contributed by atoms with Crippen LogP contribution in [0.2, 0.25) is 0 Å². The lowest BCUT2D eigenvalue weighted by Crippen LogP contribution is -2.57. The molecule has 1 aliphatic rings. The molecule has 1 saturated heterocycles. The summed E-state index contributed by atoms with van der Waals surface area (Å²) in [7, 11) is 0. The summed E-state index contributed by atoms with van der Waals surface area (Å²) in [6, 6.07) is 1.86. The number of pyridine rings is 1. The van der Waals surface area contributed by atoms with Crippen LogP contribution in [0.3, 0.4) is 0 Å². The van der Waals surface area contributed by atoms with E-state index in [9.17, 15) is 18.0 Å². The van der Waals surface area contributed by atoms with Crippen molar-refractivity contribution in [1.82, 2.24) is 20.5 Å². The smallest absolute Gasteiger partial charge is 0.353 e. The molecule has 0 aromatic carbocycles. The highest BCUT2D eigenvalue weighted by atomic mass is 35.5. The zero-order valence-electron chi connectivity index (χ0n) is 12.9. The molecule has 0 bridgehead atoms. The van der Waals surface area contributed by atoms with E-state index in [0.29, 0.717) is 26.2 Å². The van der Waals surface area contributed by atoms with E-state index in [1.54, 1.807) is 24.5 Å². The van der Waals surface area contributed by atoms with Gasteiger partial charge in [-0.05, 0) is 12.1 Å². The van der Waals surface area contributed by atoms with Gasteiger partial charge in [-0.3, -0.25) is 14.7 Å². The molecule has 1 fully saturated rings. The predicted octanol–water partition coefficient (Wildman–Crippen LogP) is 1.55. The van der Waals surface area contributed by atoms with Gasteiger partial charge in [-0.1, -0.05) is 0 Å². The number of halogens is 4. The molecule has 1 amide bonds. The molecule has 2 rings (SSSR count). The number of hydrogen-bond acceptors (Lipinski definition) is 5. The molecule has 1 atom stereocenters. The Morgan fingerprint density at radius 2 is 1.96 bits per heavy atom. The first-order valence-corrected chi connectivity index (χ1v) is 8.26. The van der Waals surface area contributed by atoms with Crippen molar-refractivity contribution < 1.29 is 18.0 Å². The van der Waals surface area contributed by atoms with Crippen LogP contribution in [-0.2, 0) is 4.79 Å². The first kappa shape index (κ1) is 21.0. The van der Waals surface area contributed by atoms with E-state index in [1.165, 1.54) is 16.7 Å². The number of nitrogens with zero attached hydrogens (tertiary/aromatic N) is 2. The summed E-state index contributed by atoms with van der Waals surface area (Å²) in [5.41, 5.74) is 0. The molecule has 0 saturated carbocycles. The Morgan fingerprint density at radius 3 is 2.54 bits per heavy atom. The van der Waals surface area contributed by atoms with E-state index in [-0.39, 0.29) is 18.2 Å². The second-order valence-electron chi connectivity index (χ2n) is 5.12. The average molecular weight is 385 g/mol. The van der Waals surface area contributed by atoms with Crippen LogP contribution >= 0.6 is 24.2 Å². The van der Waals surface area contributed by atoms with E-state index in [0.717, 1.165) is 4.90 Å². The Balaban J connectivity index is 0.00000288. The molecular weight excluding hydrogens is 365 g/mol. The molecule has 10 heteroatoms. The lowest BCUT2D eigenvalue weighted by atomic mass is 10.2. The van der Waals surface area contributed by atoms with Gasteiger partial charge in [-0.2, -0.15) is 13.2 Å². The highest BCUT2D eigenvalue weighted by Gasteiger charge is 2.43. The number of thioether (sulfide) groups is 1. The van der Waals surface area contributed by atoms with Crippen LogP contribution in [0, 0.1) is 0 Å². The molecule has 0 spiro atoms. The summed E-state index contributed by atoms with van der Waals surface area (Å²) < 4.78 is 39.5. The van der Waals surface area contributed by atoms with Crippen LogP contribution in [0.5, 0.6) is 0 Å². The Kier molecular flexibility index (Phi) is 8.82. The highest BCUT2D eigenvalue weighted by Crippen LogP contribution is 2.25. The Labute approximate surface area is 149 Å². The molecule has 5 nitrogen and oxygen atoms in total. The number of carbonyl (C=O) groups excluding carboxylic acids is 1. The van der Waals surface area contributed by atoms with E-state index in [4.69, 9.17) is 0 Å². The van der Waals surface area contributed by atoms with Crippen molar-refractivity contribution >= 4 is 30.1 Å². The van der Waals surface area contributed by atoms with Crippen molar-refractivity contribution in [3.8, 4) is 0 Å². The third-order valence-corrected chi connectivity index (χ3v) is 4.49. The molecule has 0 radical (unpaired) electrons. The molecule has 1 unspecified atom stereocenters. The summed E-state index contributed by atoms with van der Waals surface area (Å²) in [5, 5.41) is 5.42. The quantitative estimate of drug-likeness (QED) is 0.729. The SMILES string of the molecule is Cl.O=C(CSc1ccncc1)NCC(N1CCNCC1)C(F)(F)F. The fourth-order valence-electron chi connectivity index (χ4n) is 2.29. The van der Waals surface area contributed by atoms with Crippen LogP contribution in [0.4, 0.5) is 13.2 Å². The standard InChI is InChI=1S/C14H19F3N4OS.ClH/c15-14(16,17)12(21-7-5-19-6-8-21)9-20-13(22)10-23-11-1-3-18-4-2-11;/h1-4,12,19H,5-10H2,(H,20,22);1H. The van der Waals surface area contributed by atoms with Crippen LogP contribution in [0.25, 0.3) is 0 Å². The Bertz CT molecular complexity index is 501. The highest BCUT2D eigenvalue weighted by molar-refractivity contribution is 8.00. The van der Waals surface area contributed by atoms with Crippen LogP contribution < -0.4 is 10.6 Å². The van der Waals surface area contributed by atoms with Crippen LogP contribution in [0.15, 0.2) is 29.4 Å². The molecule has 1 aliphatic heterocycles. The zero-order valence-corrected chi connectivity index (χ0v) is 14.5. The second kappa shape index (κ2) is 10.1. The van der Waals surface area contributed by atoms with Crippen molar-refractivity contribution in [1.29, 1.82) is 0 Å². The van der Waals surface area contributed by atoms with Gasteiger partial charge in [0.15, 0.2) is 0 Å². The van der Waals surface area contributed by atoms with Crippen molar-refractivity contribution in [3.63, 3.8) is 0 Å². The molecule has 0 aliphatic carbocycles. The Hall–Kier alpha value is -1.03. The second-order valence-corrected chi connectivity index (χ2v) is 6.17. The van der Waals surface area contributed by atoms with Crippen molar-refractivity contribution in [2.24, 2.45) is 0 Å². The van der Waals surface area contributed by atoms with Gasteiger partial charge < -0.3 is 10.6 Å². The van der Waals surface area contributed by atoms with E-state index in [2.05, 4.69) is 15.6 Å². The van der Waals surface area contributed by atoms with Crippen molar-refractivity contribution in [2.75, 3.05) is 38.5 Å². The van der Waals surface area contributed by atoms with Gasteiger partial charge in [0.25, 0.3) is 0 Å². The number of carbonyl (C=O) groups is 1. The lowest BCUT2D eigenvalue weighted by molar-refractivity contribution is -0.183. The number of hydrogen-bond donors (Lipinski definition) is 2.